The normalized spacial score (nSPS) is 11.3. The molecular formula is C24H25N3. The van der Waals surface area contributed by atoms with Gasteiger partial charge in [0.25, 0.3) is 0 Å². The average molecular weight is 355 g/mol. The Morgan fingerprint density at radius 2 is 1.11 bits per heavy atom. The molecule has 0 bridgehead atoms. The van der Waals surface area contributed by atoms with Gasteiger partial charge in [0, 0.05) is 16.9 Å². The van der Waals surface area contributed by atoms with Crippen molar-refractivity contribution in [1.82, 2.24) is 0 Å². The smallest absolute Gasteiger partial charge is 0.164 e. The zero-order valence-electron chi connectivity index (χ0n) is 16.1. The minimum absolute atomic E-state index is 0.657. The molecule has 2 N–H and O–H groups in total. The summed E-state index contributed by atoms with van der Waals surface area (Å²) in [6, 6.07) is 24.8. The summed E-state index contributed by atoms with van der Waals surface area (Å²) in [6.45, 7) is 10.6. The van der Waals surface area contributed by atoms with Crippen molar-refractivity contribution in [2.45, 2.75) is 20.8 Å². The highest BCUT2D eigenvalue weighted by Crippen LogP contribution is 2.28. The lowest BCUT2D eigenvalue weighted by atomic mass is 10.1. The summed E-state index contributed by atoms with van der Waals surface area (Å²) in [5, 5.41) is 4.13. The fourth-order valence-electron chi connectivity index (χ4n) is 2.94. The third-order valence-electron chi connectivity index (χ3n) is 4.59. The Morgan fingerprint density at radius 1 is 0.704 bits per heavy atom. The highest BCUT2D eigenvalue weighted by Gasteiger charge is 2.20. The van der Waals surface area contributed by atoms with E-state index in [0.717, 1.165) is 22.5 Å². The van der Waals surface area contributed by atoms with Crippen LogP contribution in [0.1, 0.15) is 27.8 Å². The van der Waals surface area contributed by atoms with Gasteiger partial charge in [-0.25, -0.2) is 0 Å². The first-order valence-corrected chi connectivity index (χ1v) is 8.97. The number of anilines is 1. The fraction of sp³-hybridized carbons (Fsp3) is 0.125. The van der Waals surface area contributed by atoms with E-state index < -0.39 is 0 Å². The van der Waals surface area contributed by atoms with E-state index in [0.29, 0.717) is 5.84 Å². The zero-order valence-corrected chi connectivity index (χ0v) is 16.1. The van der Waals surface area contributed by atoms with Gasteiger partial charge in [-0.2, -0.15) is 5.10 Å². The predicted molar refractivity (Wildman–Crippen MR) is 116 cm³/mol. The molecule has 0 unspecified atom stereocenters. The molecule has 0 aromatic heterocycles. The van der Waals surface area contributed by atoms with Crippen LogP contribution in [0.15, 0.2) is 84.5 Å². The van der Waals surface area contributed by atoms with Crippen LogP contribution >= 0.6 is 0 Å². The molecule has 0 spiro atoms. The van der Waals surface area contributed by atoms with E-state index in [-0.39, 0.29) is 0 Å². The predicted octanol–water partition coefficient (Wildman–Crippen LogP) is 5.41. The van der Waals surface area contributed by atoms with Crippen molar-refractivity contribution in [2.24, 2.45) is 10.9 Å². The Morgan fingerprint density at radius 3 is 1.56 bits per heavy atom. The molecule has 3 aromatic rings. The summed E-state index contributed by atoms with van der Waals surface area (Å²) in [6.07, 6.45) is 0. The Bertz CT molecular complexity index is 950. The standard InChI is InChI=1S/C24H25N3/c1-17-5-11-21(12-6-17)20(4)27(23-15-9-19(3)10-16-23)24(26-25)22-13-7-18(2)8-14-22/h5-16H,4,25H2,1-3H3/b26-24-. The van der Waals surface area contributed by atoms with Crippen LogP contribution in [0.4, 0.5) is 5.69 Å². The number of rotatable bonds is 4. The number of aryl methyl sites for hydroxylation is 3. The van der Waals surface area contributed by atoms with Crippen LogP contribution in [0.25, 0.3) is 5.70 Å². The molecule has 0 radical (unpaired) electrons. The van der Waals surface area contributed by atoms with Crippen LogP contribution < -0.4 is 10.7 Å². The van der Waals surface area contributed by atoms with Crippen molar-refractivity contribution < 1.29 is 0 Å². The van der Waals surface area contributed by atoms with Gasteiger partial charge in [-0.3, -0.25) is 4.90 Å². The number of nitrogens with zero attached hydrogens (tertiary/aromatic N) is 2. The first-order valence-electron chi connectivity index (χ1n) is 8.97. The molecule has 3 nitrogen and oxygen atoms in total. The molecule has 0 aliphatic carbocycles. The van der Waals surface area contributed by atoms with Gasteiger partial charge < -0.3 is 5.84 Å². The van der Waals surface area contributed by atoms with E-state index in [4.69, 9.17) is 5.84 Å². The molecule has 0 fully saturated rings. The van der Waals surface area contributed by atoms with Crippen molar-refractivity contribution in [3.8, 4) is 0 Å². The molecule has 0 heterocycles. The molecule has 0 saturated heterocycles. The molecule has 0 atom stereocenters. The molecule has 27 heavy (non-hydrogen) atoms. The highest BCUT2D eigenvalue weighted by molar-refractivity contribution is 6.17. The Balaban J connectivity index is 2.11. The Hall–Kier alpha value is -3.33. The van der Waals surface area contributed by atoms with E-state index in [1.54, 1.807) is 0 Å². The lowest BCUT2D eigenvalue weighted by Gasteiger charge is -2.28. The van der Waals surface area contributed by atoms with E-state index in [2.05, 4.69) is 93.1 Å². The molecular weight excluding hydrogens is 330 g/mol. The molecule has 0 amide bonds. The lowest BCUT2D eigenvalue weighted by molar-refractivity contribution is 1.20. The monoisotopic (exact) mass is 355 g/mol. The average Bonchev–Trinajstić information content (AvgIpc) is 2.68. The maximum atomic E-state index is 5.86. The minimum Gasteiger partial charge on any atom is -0.321 e. The van der Waals surface area contributed by atoms with E-state index in [1.165, 1.54) is 16.7 Å². The van der Waals surface area contributed by atoms with Crippen LogP contribution in [-0.2, 0) is 0 Å². The number of hydrazone groups is 1. The SMILES string of the molecule is C=C(c1ccc(C)cc1)N(/C(=N\N)c1ccc(C)cc1)c1ccc(C)cc1. The fourth-order valence-corrected chi connectivity index (χ4v) is 2.94. The van der Waals surface area contributed by atoms with Gasteiger partial charge in [-0.15, -0.1) is 0 Å². The van der Waals surface area contributed by atoms with Crippen LogP contribution in [0, 0.1) is 20.8 Å². The van der Waals surface area contributed by atoms with Crippen LogP contribution in [0.5, 0.6) is 0 Å². The second-order valence-electron chi connectivity index (χ2n) is 6.80. The zero-order chi connectivity index (χ0) is 19.4. The summed E-state index contributed by atoms with van der Waals surface area (Å²) >= 11 is 0. The van der Waals surface area contributed by atoms with E-state index >= 15 is 0 Å². The second kappa shape index (κ2) is 7.92. The van der Waals surface area contributed by atoms with Crippen molar-refractivity contribution in [3.63, 3.8) is 0 Å². The third kappa shape index (κ3) is 4.09. The number of hydrogen-bond donors (Lipinski definition) is 1. The first kappa shape index (κ1) is 18.5. The lowest BCUT2D eigenvalue weighted by Crippen LogP contribution is -2.31. The van der Waals surface area contributed by atoms with Gasteiger partial charge >= 0.3 is 0 Å². The summed E-state index contributed by atoms with van der Waals surface area (Å²) in [7, 11) is 0. The number of hydrogen-bond acceptors (Lipinski definition) is 2. The number of amidine groups is 1. The molecule has 136 valence electrons. The molecule has 3 aromatic carbocycles. The topological polar surface area (TPSA) is 41.6 Å². The maximum absolute atomic E-state index is 5.86. The summed E-state index contributed by atoms with van der Waals surface area (Å²) in [5.41, 5.74) is 7.35. The molecule has 3 rings (SSSR count). The second-order valence-corrected chi connectivity index (χ2v) is 6.80. The van der Waals surface area contributed by atoms with Crippen molar-refractivity contribution in [2.75, 3.05) is 4.90 Å². The van der Waals surface area contributed by atoms with Crippen molar-refractivity contribution in [3.05, 3.63) is 107 Å². The molecule has 0 aliphatic rings. The van der Waals surface area contributed by atoms with Crippen LogP contribution in [-0.4, -0.2) is 5.84 Å². The van der Waals surface area contributed by atoms with Crippen LogP contribution in [0.3, 0.4) is 0 Å². The van der Waals surface area contributed by atoms with Crippen molar-refractivity contribution >= 4 is 17.2 Å². The number of nitrogens with two attached hydrogens (primary N) is 1. The quantitative estimate of drug-likeness (QED) is 0.294. The first-order chi connectivity index (χ1) is 13.0. The molecule has 0 aliphatic heterocycles. The number of benzene rings is 3. The highest BCUT2D eigenvalue weighted by atomic mass is 15.3. The largest absolute Gasteiger partial charge is 0.321 e. The van der Waals surface area contributed by atoms with Gasteiger partial charge in [0.2, 0.25) is 0 Å². The Labute approximate surface area is 161 Å². The van der Waals surface area contributed by atoms with Crippen LogP contribution in [0.2, 0.25) is 0 Å². The maximum Gasteiger partial charge on any atom is 0.164 e. The van der Waals surface area contributed by atoms with E-state index in [9.17, 15) is 0 Å². The van der Waals surface area contributed by atoms with Gasteiger partial charge in [0.1, 0.15) is 0 Å². The minimum atomic E-state index is 0.657. The Kier molecular flexibility index (Phi) is 5.41. The van der Waals surface area contributed by atoms with Gasteiger partial charge in [0.15, 0.2) is 5.84 Å². The summed E-state index contributed by atoms with van der Waals surface area (Å²) in [5.74, 6) is 6.51. The molecule has 3 heteroatoms. The van der Waals surface area contributed by atoms with Gasteiger partial charge in [-0.05, 0) is 38.5 Å². The van der Waals surface area contributed by atoms with E-state index in [1.807, 2.05) is 17.0 Å². The molecule has 0 saturated carbocycles. The third-order valence-corrected chi connectivity index (χ3v) is 4.59. The van der Waals surface area contributed by atoms with Crippen molar-refractivity contribution in [1.29, 1.82) is 0 Å². The summed E-state index contributed by atoms with van der Waals surface area (Å²) in [4.78, 5) is 2.01. The summed E-state index contributed by atoms with van der Waals surface area (Å²) < 4.78 is 0. The van der Waals surface area contributed by atoms with Gasteiger partial charge in [0.05, 0.1) is 0 Å². The van der Waals surface area contributed by atoms with Gasteiger partial charge in [-0.1, -0.05) is 83.9 Å².